The van der Waals surface area contributed by atoms with Gasteiger partial charge in [0.25, 0.3) is 0 Å². The van der Waals surface area contributed by atoms with E-state index in [1.54, 1.807) is 7.11 Å². The second kappa shape index (κ2) is 2.44. The van der Waals surface area contributed by atoms with Crippen LogP contribution in [0.25, 0.3) is 0 Å². The molecule has 0 spiro atoms. The molecule has 0 heterocycles. The van der Waals surface area contributed by atoms with Gasteiger partial charge in [-0.2, -0.15) is 0 Å². The van der Waals surface area contributed by atoms with Crippen LogP contribution >= 0.6 is 0 Å². The van der Waals surface area contributed by atoms with Gasteiger partial charge in [0.05, 0.1) is 12.2 Å². The lowest BCUT2D eigenvalue weighted by Gasteiger charge is -2.22. The predicted octanol–water partition coefficient (Wildman–Crippen LogP) is 1.12. The molecule has 2 rings (SSSR count). The van der Waals surface area contributed by atoms with E-state index in [-0.39, 0.29) is 24.0 Å². The molecule has 2 saturated carbocycles. The molecule has 2 fully saturated rings. The highest BCUT2D eigenvalue weighted by atomic mass is 16.5. The molecule has 0 aromatic heterocycles. The molecule has 12 heavy (non-hydrogen) atoms. The van der Waals surface area contributed by atoms with Crippen LogP contribution in [0, 0.1) is 11.8 Å². The van der Waals surface area contributed by atoms with Crippen molar-refractivity contribution in [3.63, 3.8) is 0 Å². The Morgan fingerprint density at radius 3 is 2.50 bits per heavy atom. The number of methoxy groups -OCH3 is 1. The Hall–Kier alpha value is -0.600. The number of aliphatic hydroxyl groups excluding tert-OH is 1. The van der Waals surface area contributed by atoms with Gasteiger partial charge in [0.1, 0.15) is 0 Å². The van der Waals surface area contributed by atoms with Gasteiger partial charge < -0.3 is 9.84 Å². The van der Waals surface area contributed by atoms with Crippen LogP contribution in [0.4, 0.5) is 0 Å². The van der Waals surface area contributed by atoms with Crippen LogP contribution in [-0.4, -0.2) is 24.4 Å². The molecular weight excluding hydrogens is 152 g/mol. The van der Waals surface area contributed by atoms with Crippen molar-refractivity contribution in [2.75, 3.05) is 7.11 Å². The molecule has 0 saturated heterocycles. The molecule has 2 nitrogen and oxygen atoms in total. The van der Waals surface area contributed by atoms with Crippen molar-refractivity contribution in [2.24, 2.45) is 11.8 Å². The van der Waals surface area contributed by atoms with Gasteiger partial charge >= 0.3 is 0 Å². The normalized spacial score (nSPS) is 45.8. The van der Waals surface area contributed by atoms with Crippen molar-refractivity contribution in [1.29, 1.82) is 0 Å². The summed E-state index contributed by atoms with van der Waals surface area (Å²) in [7, 11) is 1.69. The van der Waals surface area contributed by atoms with Crippen LogP contribution in [0.2, 0.25) is 0 Å². The summed E-state index contributed by atoms with van der Waals surface area (Å²) in [6.07, 6.45) is 0.762. The van der Waals surface area contributed by atoms with E-state index in [2.05, 4.69) is 13.2 Å². The standard InChI is InChI=1S/C10H14O2/c1-5-6(2)9-8(12-3)4-7(5)10(9)11/h7-11H,1-2,4H2,3H3. The van der Waals surface area contributed by atoms with E-state index in [9.17, 15) is 5.11 Å². The van der Waals surface area contributed by atoms with E-state index in [1.165, 1.54) is 0 Å². The van der Waals surface area contributed by atoms with Gasteiger partial charge in [0.2, 0.25) is 0 Å². The van der Waals surface area contributed by atoms with Gasteiger partial charge in [0, 0.05) is 18.9 Å². The molecule has 1 N–H and O–H groups in total. The highest BCUT2D eigenvalue weighted by molar-refractivity contribution is 5.42. The summed E-state index contributed by atoms with van der Waals surface area (Å²) in [5.74, 6) is 0.306. The summed E-state index contributed by atoms with van der Waals surface area (Å²) in [5.41, 5.74) is 2.02. The SMILES string of the molecule is C=C1C(=C)C2C(OC)CC1C2O. The largest absolute Gasteiger partial charge is 0.392 e. The van der Waals surface area contributed by atoms with Crippen LogP contribution in [0.15, 0.2) is 24.3 Å². The van der Waals surface area contributed by atoms with E-state index in [0.29, 0.717) is 0 Å². The number of hydrogen-bond donors (Lipinski definition) is 1. The van der Waals surface area contributed by atoms with Crippen molar-refractivity contribution in [3.05, 3.63) is 24.3 Å². The Bertz CT molecular complexity index is 244. The highest BCUT2D eigenvalue weighted by Crippen LogP contribution is 2.51. The summed E-state index contributed by atoms with van der Waals surface area (Å²) >= 11 is 0. The molecular formula is C10H14O2. The smallest absolute Gasteiger partial charge is 0.0702 e. The fourth-order valence-electron chi connectivity index (χ4n) is 2.48. The van der Waals surface area contributed by atoms with Gasteiger partial charge in [-0.25, -0.2) is 0 Å². The van der Waals surface area contributed by atoms with Crippen LogP contribution in [0.3, 0.4) is 0 Å². The van der Waals surface area contributed by atoms with Crippen molar-refractivity contribution in [1.82, 2.24) is 0 Å². The molecule has 2 aliphatic carbocycles. The molecule has 0 aromatic rings. The van der Waals surface area contributed by atoms with Gasteiger partial charge in [-0.3, -0.25) is 0 Å². The van der Waals surface area contributed by atoms with E-state index in [0.717, 1.165) is 17.6 Å². The minimum absolute atomic E-state index is 0.104. The Morgan fingerprint density at radius 2 is 2.08 bits per heavy atom. The molecule has 2 heteroatoms. The Morgan fingerprint density at radius 1 is 1.42 bits per heavy atom. The van der Waals surface area contributed by atoms with Crippen molar-refractivity contribution < 1.29 is 9.84 Å². The van der Waals surface area contributed by atoms with Gasteiger partial charge in [-0.15, -0.1) is 0 Å². The lowest BCUT2D eigenvalue weighted by molar-refractivity contribution is 0.0534. The maximum Gasteiger partial charge on any atom is 0.0702 e. The highest BCUT2D eigenvalue weighted by Gasteiger charge is 2.51. The Balaban J connectivity index is 2.30. The summed E-state index contributed by atoms with van der Waals surface area (Å²) in [6.45, 7) is 7.85. The van der Waals surface area contributed by atoms with Gasteiger partial charge in [-0.05, 0) is 17.6 Å². The average molecular weight is 166 g/mol. The zero-order chi connectivity index (χ0) is 8.88. The minimum Gasteiger partial charge on any atom is -0.392 e. The van der Waals surface area contributed by atoms with Crippen molar-refractivity contribution in [2.45, 2.75) is 18.6 Å². The number of hydrogen-bond acceptors (Lipinski definition) is 2. The third-order valence-corrected chi connectivity index (χ3v) is 3.23. The molecule has 4 atom stereocenters. The zero-order valence-corrected chi connectivity index (χ0v) is 7.29. The summed E-state index contributed by atoms with van der Waals surface area (Å²) < 4.78 is 5.27. The average Bonchev–Trinajstić information content (AvgIpc) is 2.47. The summed E-state index contributed by atoms with van der Waals surface area (Å²) in [5, 5.41) is 9.77. The maximum atomic E-state index is 9.77. The number of ether oxygens (including phenoxy) is 1. The third kappa shape index (κ3) is 0.767. The Kier molecular flexibility index (Phi) is 1.63. The van der Waals surface area contributed by atoms with Crippen LogP contribution < -0.4 is 0 Å². The van der Waals surface area contributed by atoms with Crippen LogP contribution in [0.1, 0.15) is 6.42 Å². The topological polar surface area (TPSA) is 29.5 Å². The molecule has 66 valence electrons. The predicted molar refractivity (Wildman–Crippen MR) is 46.7 cm³/mol. The third-order valence-electron chi connectivity index (χ3n) is 3.23. The first-order valence-electron chi connectivity index (χ1n) is 4.25. The van der Waals surface area contributed by atoms with E-state index in [1.807, 2.05) is 0 Å². The first-order valence-corrected chi connectivity index (χ1v) is 4.25. The number of rotatable bonds is 1. The molecule has 2 bridgehead atoms. The van der Waals surface area contributed by atoms with Crippen LogP contribution in [-0.2, 0) is 4.74 Å². The van der Waals surface area contributed by atoms with Crippen molar-refractivity contribution in [3.8, 4) is 0 Å². The van der Waals surface area contributed by atoms with Crippen LogP contribution in [0.5, 0.6) is 0 Å². The molecule has 0 radical (unpaired) electrons. The quantitative estimate of drug-likeness (QED) is 0.632. The van der Waals surface area contributed by atoms with Gasteiger partial charge in [-0.1, -0.05) is 13.2 Å². The lowest BCUT2D eigenvalue weighted by Crippen LogP contribution is -2.23. The maximum absolute atomic E-state index is 9.77. The van der Waals surface area contributed by atoms with E-state index < -0.39 is 0 Å². The summed E-state index contributed by atoms with van der Waals surface area (Å²) in [4.78, 5) is 0. The minimum atomic E-state index is -0.296. The second-order valence-electron chi connectivity index (χ2n) is 3.68. The van der Waals surface area contributed by atoms with Gasteiger partial charge in [0.15, 0.2) is 0 Å². The molecule has 4 unspecified atom stereocenters. The Labute approximate surface area is 72.5 Å². The first kappa shape index (κ1) is 8.02. The monoisotopic (exact) mass is 166 g/mol. The molecule has 0 amide bonds. The second-order valence-corrected chi connectivity index (χ2v) is 3.68. The van der Waals surface area contributed by atoms with Crippen molar-refractivity contribution >= 4 is 0 Å². The lowest BCUT2D eigenvalue weighted by atomic mass is 9.90. The summed E-state index contributed by atoms with van der Waals surface area (Å²) in [6, 6.07) is 0. The number of aliphatic hydroxyl groups is 1. The fraction of sp³-hybridized carbons (Fsp3) is 0.600. The number of fused-ring (bicyclic) bond motifs is 2. The zero-order valence-electron chi connectivity index (χ0n) is 7.29. The molecule has 0 aliphatic heterocycles. The molecule has 0 aromatic carbocycles. The fourth-order valence-corrected chi connectivity index (χ4v) is 2.48. The molecule has 2 aliphatic rings. The van der Waals surface area contributed by atoms with E-state index >= 15 is 0 Å². The first-order chi connectivity index (χ1) is 5.66. The van der Waals surface area contributed by atoms with E-state index in [4.69, 9.17) is 4.74 Å².